The maximum atomic E-state index is 10.8. The molecule has 0 saturated heterocycles. The zero-order valence-corrected chi connectivity index (χ0v) is 8.01. The molecule has 0 bridgehead atoms. The van der Waals surface area contributed by atoms with Gasteiger partial charge in [0.05, 0.1) is 6.61 Å². The van der Waals surface area contributed by atoms with Crippen molar-refractivity contribution < 1.29 is 14.6 Å². The Morgan fingerprint density at radius 1 is 1.46 bits per heavy atom. The highest BCUT2D eigenvalue weighted by Crippen LogP contribution is 1.78. The Kier molecular flexibility index (Phi) is 8.70. The molecule has 0 atom stereocenters. The van der Waals surface area contributed by atoms with Gasteiger partial charge in [-0.1, -0.05) is 6.92 Å². The third-order valence-corrected chi connectivity index (χ3v) is 1.37. The fraction of sp³-hybridized carbons (Fsp3) is 0.875. The van der Waals surface area contributed by atoms with E-state index in [2.05, 4.69) is 15.4 Å². The zero-order chi connectivity index (χ0) is 9.94. The van der Waals surface area contributed by atoms with Crippen molar-refractivity contribution in [3.8, 4) is 0 Å². The number of amides is 1. The molecule has 13 heavy (non-hydrogen) atoms. The van der Waals surface area contributed by atoms with Gasteiger partial charge in [-0.3, -0.25) is 0 Å². The second kappa shape index (κ2) is 9.28. The molecule has 0 aliphatic heterocycles. The van der Waals surface area contributed by atoms with Gasteiger partial charge in [-0.25, -0.2) is 4.79 Å². The normalized spacial score (nSPS) is 9.69. The van der Waals surface area contributed by atoms with Crippen molar-refractivity contribution in [2.75, 3.05) is 32.8 Å². The summed E-state index contributed by atoms with van der Waals surface area (Å²) in [6.45, 7) is 4.37. The van der Waals surface area contributed by atoms with Crippen LogP contribution in [0.2, 0.25) is 0 Å². The molecule has 5 nitrogen and oxygen atoms in total. The van der Waals surface area contributed by atoms with Crippen LogP contribution < -0.4 is 10.6 Å². The van der Waals surface area contributed by atoms with Gasteiger partial charge in [-0.05, 0) is 19.5 Å². The zero-order valence-electron chi connectivity index (χ0n) is 8.01. The molecule has 0 aromatic rings. The van der Waals surface area contributed by atoms with Crippen molar-refractivity contribution in [2.24, 2.45) is 0 Å². The molecule has 78 valence electrons. The molecule has 0 rings (SSSR count). The molecule has 0 aliphatic carbocycles. The first-order valence-electron chi connectivity index (χ1n) is 4.53. The summed E-state index contributed by atoms with van der Waals surface area (Å²) in [4.78, 5) is 10.8. The molecule has 0 aromatic carbocycles. The molecular formula is C8H18N2O3. The lowest BCUT2D eigenvalue weighted by Crippen LogP contribution is -2.28. The lowest BCUT2D eigenvalue weighted by atomic mass is 10.4. The number of nitrogens with one attached hydrogen (secondary N) is 2. The average Bonchev–Trinajstić information content (AvgIpc) is 2.14. The van der Waals surface area contributed by atoms with Gasteiger partial charge in [0.1, 0.15) is 6.61 Å². The van der Waals surface area contributed by atoms with E-state index in [1.54, 1.807) is 0 Å². The van der Waals surface area contributed by atoms with E-state index in [4.69, 9.17) is 5.11 Å². The predicted octanol–water partition coefficient (Wildman–Crippen LogP) is -0.295. The number of aliphatic hydroxyl groups is 1. The Morgan fingerprint density at radius 3 is 2.85 bits per heavy atom. The van der Waals surface area contributed by atoms with E-state index in [1.165, 1.54) is 0 Å². The second-order valence-electron chi connectivity index (χ2n) is 2.49. The largest absolute Gasteiger partial charge is 0.447 e. The summed E-state index contributed by atoms with van der Waals surface area (Å²) < 4.78 is 4.58. The predicted molar refractivity (Wildman–Crippen MR) is 49.6 cm³/mol. The third-order valence-electron chi connectivity index (χ3n) is 1.37. The van der Waals surface area contributed by atoms with Crippen LogP contribution in [-0.4, -0.2) is 44.0 Å². The summed E-state index contributed by atoms with van der Waals surface area (Å²) in [5.74, 6) is 0. The summed E-state index contributed by atoms with van der Waals surface area (Å²) in [6, 6.07) is 0. The number of rotatable bonds is 7. The van der Waals surface area contributed by atoms with Crippen LogP contribution in [0.1, 0.15) is 13.3 Å². The molecule has 0 spiro atoms. The first-order valence-corrected chi connectivity index (χ1v) is 4.53. The van der Waals surface area contributed by atoms with Crippen molar-refractivity contribution in [1.29, 1.82) is 0 Å². The standard InChI is InChI=1S/C8H18N2O3/c1-2-9-4-3-5-10-8(12)13-7-6-11/h9,11H,2-7H2,1H3,(H,10,12). The summed E-state index contributed by atoms with van der Waals surface area (Å²) in [5.41, 5.74) is 0. The smallest absolute Gasteiger partial charge is 0.407 e. The Labute approximate surface area is 78.5 Å². The second-order valence-corrected chi connectivity index (χ2v) is 2.49. The Hall–Kier alpha value is -0.810. The fourth-order valence-corrected chi connectivity index (χ4v) is 0.770. The number of carbonyl (C=O) groups is 1. The van der Waals surface area contributed by atoms with Crippen LogP contribution in [0.5, 0.6) is 0 Å². The van der Waals surface area contributed by atoms with E-state index in [1.807, 2.05) is 6.92 Å². The van der Waals surface area contributed by atoms with Crippen molar-refractivity contribution in [1.82, 2.24) is 10.6 Å². The number of aliphatic hydroxyl groups excluding tert-OH is 1. The SMILES string of the molecule is CCNCCCNC(=O)OCCO. The highest BCUT2D eigenvalue weighted by atomic mass is 16.6. The minimum absolute atomic E-state index is 0.0546. The van der Waals surface area contributed by atoms with Gasteiger partial charge < -0.3 is 20.5 Å². The molecule has 0 unspecified atom stereocenters. The molecule has 0 fully saturated rings. The first kappa shape index (κ1) is 12.2. The minimum atomic E-state index is -0.467. The van der Waals surface area contributed by atoms with Crippen LogP contribution in [-0.2, 0) is 4.74 Å². The van der Waals surface area contributed by atoms with Crippen LogP contribution in [0.15, 0.2) is 0 Å². The molecule has 3 N–H and O–H groups in total. The van der Waals surface area contributed by atoms with Crippen LogP contribution in [0.25, 0.3) is 0 Å². The Bertz CT molecular complexity index is 131. The Balaban J connectivity index is 3.08. The van der Waals surface area contributed by atoms with Gasteiger partial charge in [-0.15, -0.1) is 0 Å². The topological polar surface area (TPSA) is 70.6 Å². The van der Waals surface area contributed by atoms with Crippen molar-refractivity contribution in [3.05, 3.63) is 0 Å². The third kappa shape index (κ3) is 9.10. The van der Waals surface area contributed by atoms with Crippen molar-refractivity contribution in [3.63, 3.8) is 0 Å². The maximum absolute atomic E-state index is 10.8. The van der Waals surface area contributed by atoms with Gasteiger partial charge in [-0.2, -0.15) is 0 Å². The van der Waals surface area contributed by atoms with Crippen LogP contribution in [0.3, 0.4) is 0 Å². The van der Waals surface area contributed by atoms with Crippen LogP contribution in [0, 0.1) is 0 Å². The van der Waals surface area contributed by atoms with Gasteiger partial charge in [0.15, 0.2) is 0 Å². The molecule has 0 aliphatic rings. The molecule has 0 radical (unpaired) electrons. The molecule has 0 saturated carbocycles. The van der Waals surface area contributed by atoms with Gasteiger partial charge in [0.25, 0.3) is 0 Å². The highest BCUT2D eigenvalue weighted by molar-refractivity contribution is 5.66. The number of ether oxygens (including phenoxy) is 1. The maximum Gasteiger partial charge on any atom is 0.407 e. The van der Waals surface area contributed by atoms with Crippen molar-refractivity contribution in [2.45, 2.75) is 13.3 Å². The molecule has 1 amide bonds. The quantitative estimate of drug-likeness (QED) is 0.482. The van der Waals surface area contributed by atoms with E-state index in [-0.39, 0.29) is 13.2 Å². The lowest BCUT2D eigenvalue weighted by Gasteiger charge is -2.05. The number of carbonyl (C=O) groups excluding carboxylic acids is 1. The van der Waals surface area contributed by atoms with Crippen molar-refractivity contribution >= 4 is 6.09 Å². The van der Waals surface area contributed by atoms with E-state index >= 15 is 0 Å². The Morgan fingerprint density at radius 2 is 2.23 bits per heavy atom. The van der Waals surface area contributed by atoms with Crippen LogP contribution >= 0.6 is 0 Å². The van der Waals surface area contributed by atoms with Crippen LogP contribution in [0.4, 0.5) is 4.79 Å². The summed E-state index contributed by atoms with van der Waals surface area (Å²) in [5, 5.41) is 14.0. The first-order chi connectivity index (χ1) is 6.31. The molecule has 5 heteroatoms. The summed E-state index contributed by atoms with van der Waals surface area (Å²) in [7, 11) is 0. The lowest BCUT2D eigenvalue weighted by molar-refractivity contribution is 0.119. The summed E-state index contributed by atoms with van der Waals surface area (Å²) in [6.07, 6.45) is 0.410. The average molecular weight is 190 g/mol. The molecule has 0 heterocycles. The van der Waals surface area contributed by atoms with Gasteiger partial charge in [0.2, 0.25) is 0 Å². The number of hydrogen-bond acceptors (Lipinski definition) is 4. The van der Waals surface area contributed by atoms with E-state index in [0.29, 0.717) is 6.54 Å². The van der Waals surface area contributed by atoms with E-state index < -0.39 is 6.09 Å². The van der Waals surface area contributed by atoms with Gasteiger partial charge in [0, 0.05) is 6.54 Å². The highest BCUT2D eigenvalue weighted by Gasteiger charge is 1.98. The monoisotopic (exact) mass is 190 g/mol. The van der Waals surface area contributed by atoms with Gasteiger partial charge >= 0.3 is 6.09 Å². The molecular weight excluding hydrogens is 172 g/mol. The fourth-order valence-electron chi connectivity index (χ4n) is 0.770. The minimum Gasteiger partial charge on any atom is -0.447 e. The van der Waals surface area contributed by atoms with E-state index in [0.717, 1.165) is 19.5 Å². The molecule has 0 aromatic heterocycles. The number of hydrogen-bond donors (Lipinski definition) is 3. The number of alkyl carbamates (subject to hydrolysis) is 1. The van der Waals surface area contributed by atoms with E-state index in [9.17, 15) is 4.79 Å². The summed E-state index contributed by atoms with van der Waals surface area (Å²) >= 11 is 0.